The number of amides is 1. The minimum Gasteiger partial charge on any atom is -0.493 e. The van der Waals surface area contributed by atoms with Crippen LogP contribution in [0, 0.1) is 0 Å². The number of anilines is 1. The molecule has 9 heteroatoms. The van der Waals surface area contributed by atoms with Crippen molar-refractivity contribution in [2.24, 2.45) is 4.99 Å². The summed E-state index contributed by atoms with van der Waals surface area (Å²) < 4.78 is 35.1. The Kier molecular flexibility index (Phi) is 6.72. The van der Waals surface area contributed by atoms with E-state index in [1.54, 1.807) is 26.4 Å². The maximum atomic E-state index is 12.9. The number of sulfone groups is 1. The number of benzene rings is 2. The second kappa shape index (κ2) is 9.38. The molecule has 2 aromatic rings. The van der Waals surface area contributed by atoms with Gasteiger partial charge in [0.15, 0.2) is 26.5 Å². The normalized spacial score (nSPS) is 22.6. The highest BCUT2D eigenvalue weighted by Gasteiger charge is 2.49. The standard InChI is InChI=1S/C24H28N2O5S2/c1-15(2)17-6-8-18(9-7-17)26-19-13-33(28,29)14-22(19)32-24(26)25-23(27)12-16-5-10-20(30-3)21(11-16)31-4/h5-11,15,19,22H,12-14H2,1-4H3. The third kappa shape index (κ3) is 5.04. The summed E-state index contributed by atoms with van der Waals surface area (Å²) in [6.07, 6.45) is 0.109. The summed E-state index contributed by atoms with van der Waals surface area (Å²) in [5.74, 6) is 1.42. The first-order valence-electron chi connectivity index (χ1n) is 10.8. The summed E-state index contributed by atoms with van der Waals surface area (Å²) in [6, 6.07) is 13.2. The van der Waals surface area contributed by atoms with Gasteiger partial charge in [-0.3, -0.25) is 4.79 Å². The molecule has 0 radical (unpaired) electrons. The number of thioether (sulfide) groups is 1. The molecule has 2 unspecified atom stereocenters. The van der Waals surface area contributed by atoms with Crippen LogP contribution in [0.4, 0.5) is 5.69 Å². The number of carbonyl (C=O) groups is 1. The van der Waals surface area contributed by atoms with Crippen molar-refractivity contribution in [1.29, 1.82) is 0 Å². The smallest absolute Gasteiger partial charge is 0.252 e. The predicted octanol–water partition coefficient (Wildman–Crippen LogP) is 3.67. The van der Waals surface area contributed by atoms with Crippen LogP contribution < -0.4 is 14.4 Å². The number of fused-ring (bicyclic) bond motifs is 1. The summed E-state index contributed by atoms with van der Waals surface area (Å²) in [4.78, 5) is 19.2. The largest absolute Gasteiger partial charge is 0.493 e. The zero-order chi connectivity index (χ0) is 23.8. The fourth-order valence-corrected chi connectivity index (χ4v) is 8.13. The van der Waals surface area contributed by atoms with Crippen LogP contribution in [0.5, 0.6) is 11.5 Å². The van der Waals surface area contributed by atoms with Crippen molar-refractivity contribution in [3.05, 3.63) is 53.6 Å². The maximum absolute atomic E-state index is 12.9. The lowest BCUT2D eigenvalue weighted by atomic mass is 10.0. The molecule has 0 aliphatic carbocycles. The van der Waals surface area contributed by atoms with Gasteiger partial charge in [0.1, 0.15) is 0 Å². The van der Waals surface area contributed by atoms with Crippen LogP contribution in [0.3, 0.4) is 0 Å². The maximum Gasteiger partial charge on any atom is 0.252 e. The molecule has 0 spiro atoms. The SMILES string of the molecule is COc1ccc(CC(=O)N=C2SC3CS(=O)(=O)CC3N2c2ccc(C(C)C)cc2)cc1OC. The number of hydrogen-bond donors (Lipinski definition) is 0. The number of hydrogen-bond acceptors (Lipinski definition) is 6. The van der Waals surface area contributed by atoms with Crippen molar-refractivity contribution in [2.75, 3.05) is 30.6 Å². The summed E-state index contributed by atoms with van der Waals surface area (Å²) in [5.41, 5.74) is 2.82. The molecule has 0 aromatic heterocycles. The first-order chi connectivity index (χ1) is 15.7. The molecule has 2 aliphatic rings. The monoisotopic (exact) mass is 488 g/mol. The molecular formula is C24H28N2O5S2. The number of nitrogens with zero attached hydrogens (tertiary/aromatic N) is 2. The van der Waals surface area contributed by atoms with Gasteiger partial charge in [-0.05, 0) is 41.3 Å². The van der Waals surface area contributed by atoms with Gasteiger partial charge in [0, 0.05) is 10.9 Å². The van der Waals surface area contributed by atoms with Crippen molar-refractivity contribution >= 4 is 38.4 Å². The van der Waals surface area contributed by atoms with Gasteiger partial charge >= 0.3 is 0 Å². The number of methoxy groups -OCH3 is 2. The van der Waals surface area contributed by atoms with E-state index in [1.807, 2.05) is 35.2 Å². The van der Waals surface area contributed by atoms with Crippen molar-refractivity contribution in [2.45, 2.75) is 37.5 Å². The highest BCUT2D eigenvalue weighted by atomic mass is 32.2. The second-order valence-electron chi connectivity index (χ2n) is 8.57. The molecule has 2 aromatic carbocycles. The average molecular weight is 489 g/mol. The molecule has 176 valence electrons. The van der Waals surface area contributed by atoms with E-state index in [0.29, 0.717) is 22.6 Å². The van der Waals surface area contributed by atoms with Gasteiger partial charge in [0.25, 0.3) is 5.91 Å². The van der Waals surface area contributed by atoms with Crippen molar-refractivity contribution < 1.29 is 22.7 Å². The topological polar surface area (TPSA) is 85.3 Å². The minimum atomic E-state index is -3.11. The summed E-state index contributed by atoms with van der Waals surface area (Å²) in [6.45, 7) is 4.25. The van der Waals surface area contributed by atoms with Gasteiger partial charge in [0.2, 0.25) is 0 Å². The highest BCUT2D eigenvalue weighted by molar-refractivity contribution is 8.16. The number of rotatable bonds is 6. The van der Waals surface area contributed by atoms with Crippen molar-refractivity contribution in [1.82, 2.24) is 0 Å². The molecule has 33 heavy (non-hydrogen) atoms. The van der Waals surface area contributed by atoms with Crippen molar-refractivity contribution in [3.63, 3.8) is 0 Å². The lowest BCUT2D eigenvalue weighted by Gasteiger charge is -2.25. The summed E-state index contributed by atoms with van der Waals surface area (Å²) in [7, 11) is -0.000446. The molecule has 2 fully saturated rings. The lowest BCUT2D eigenvalue weighted by Crippen LogP contribution is -2.37. The third-order valence-electron chi connectivity index (χ3n) is 5.93. The Morgan fingerprint density at radius 3 is 2.42 bits per heavy atom. The molecule has 0 N–H and O–H groups in total. The number of carbonyl (C=O) groups excluding carboxylic acids is 1. The van der Waals surface area contributed by atoms with E-state index in [0.717, 1.165) is 11.3 Å². The van der Waals surface area contributed by atoms with E-state index in [-0.39, 0.29) is 35.1 Å². The van der Waals surface area contributed by atoms with Gasteiger partial charge < -0.3 is 14.4 Å². The molecule has 4 rings (SSSR count). The third-order valence-corrected chi connectivity index (χ3v) is 9.14. The van der Waals surface area contributed by atoms with Gasteiger partial charge in [-0.1, -0.05) is 43.8 Å². The van der Waals surface area contributed by atoms with Crippen LogP contribution in [0.25, 0.3) is 0 Å². The van der Waals surface area contributed by atoms with E-state index >= 15 is 0 Å². The van der Waals surface area contributed by atoms with E-state index in [1.165, 1.54) is 17.3 Å². The second-order valence-corrected chi connectivity index (χ2v) is 11.9. The van der Waals surface area contributed by atoms with Crippen LogP contribution in [-0.2, 0) is 21.1 Å². The summed E-state index contributed by atoms with van der Waals surface area (Å²) >= 11 is 1.38. The first kappa shape index (κ1) is 23.6. The fourth-order valence-electron chi connectivity index (χ4n) is 4.20. The molecule has 2 saturated heterocycles. The Morgan fingerprint density at radius 1 is 1.09 bits per heavy atom. The van der Waals surface area contributed by atoms with Gasteiger partial charge in [0.05, 0.1) is 38.2 Å². The first-order valence-corrected chi connectivity index (χ1v) is 13.5. The zero-order valence-electron chi connectivity index (χ0n) is 19.1. The van der Waals surface area contributed by atoms with E-state index in [9.17, 15) is 13.2 Å². The summed E-state index contributed by atoms with van der Waals surface area (Å²) in [5, 5.41) is 0.426. The van der Waals surface area contributed by atoms with E-state index in [4.69, 9.17) is 9.47 Å². The molecule has 7 nitrogen and oxygen atoms in total. The van der Waals surface area contributed by atoms with E-state index < -0.39 is 9.84 Å². The Balaban J connectivity index is 1.61. The molecular weight excluding hydrogens is 460 g/mol. The van der Waals surface area contributed by atoms with Crippen LogP contribution in [0.2, 0.25) is 0 Å². The van der Waals surface area contributed by atoms with Crippen LogP contribution >= 0.6 is 11.8 Å². The predicted molar refractivity (Wildman–Crippen MR) is 133 cm³/mol. The van der Waals surface area contributed by atoms with Crippen LogP contribution in [-0.4, -0.2) is 56.5 Å². The molecule has 1 amide bonds. The molecule has 2 aliphatic heterocycles. The van der Waals surface area contributed by atoms with E-state index in [2.05, 4.69) is 18.8 Å². The average Bonchev–Trinajstić information content (AvgIpc) is 3.24. The number of aliphatic imine (C=N–C) groups is 1. The quantitative estimate of drug-likeness (QED) is 0.613. The minimum absolute atomic E-state index is 0.0689. The van der Waals surface area contributed by atoms with Crippen molar-refractivity contribution in [3.8, 4) is 11.5 Å². The number of amidine groups is 1. The fraction of sp³-hybridized carbons (Fsp3) is 0.417. The molecule has 0 bridgehead atoms. The van der Waals surface area contributed by atoms with Crippen LogP contribution in [0.15, 0.2) is 47.5 Å². The molecule has 2 atom stereocenters. The Hall–Kier alpha value is -2.52. The highest BCUT2D eigenvalue weighted by Crippen LogP contribution is 2.41. The van der Waals surface area contributed by atoms with Gasteiger partial charge in [-0.2, -0.15) is 4.99 Å². The zero-order valence-corrected chi connectivity index (χ0v) is 20.8. The molecule has 0 saturated carbocycles. The molecule has 2 heterocycles. The van der Waals surface area contributed by atoms with Crippen LogP contribution in [0.1, 0.15) is 30.9 Å². The Bertz CT molecular complexity index is 1180. The lowest BCUT2D eigenvalue weighted by molar-refractivity contribution is -0.117. The number of ether oxygens (including phenoxy) is 2. The Morgan fingerprint density at radius 2 is 1.79 bits per heavy atom. The van der Waals surface area contributed by atoms with Gasteiger partial charge in [-0.25, -0.2) is 8.42 Å². The van der Waals surface area contributed by atoms with Gasteiger partial charge in [-0.15, -0.1) is 0 Å². The Labute approximate surface area is 199 Å².